The van der Waals surface area contributed by atoms with Crippen LogP contribution in [0.15, 0.2) is 10.2 Å². The van der Waals surface area contributed by atoms with E-state index < -0.39 is 33.8 Å². The van der Waals surface area contributed by atoms with Gasteiger partial charge in [0.1, 0.15) is 4.48 Å². The zero-order valence-electron chi connectivity index (χ0n) is 8.85. The number of carbonyl (C=O) groups excluding carboxylic acids is 2. The molecule has 4 nitrogen and oxygen atoms in total. The Hall–Kier alpha value is -1.05. The van der Waals surface area contributed by atoms with Crippen molar-refractivity contribution in [3.63, 3.8) is 0 Å². The number of rotatable bonds is 2. The molecule has 8 heteroatoms. The highest BCUT2D eigenvalue weighted by molar-refractivity contribution is 9.12. The van der Waals surface area contributed by atoms with Crippen LogP contribution in [0.2, 0.25) is 0 Å². The maximum atomic E-state index is 12.6. The van der Waals surface area contributed by atoms with Crippen molar-refractivity contribution >= 4 is 27.7 Å². The number of carbonyl (C=O) groups is 2. The van der Waals surface area contributed by atoms with Crippen molar-refractivity contribution in [2.45, 2.75) is 25.6 Å². The van der Waals surface area contributed by atoms with E-state index >= 15 is 0 Å². The van der Waals surface area contributed by atoms with E-state index in [0.717, 1.165) is 0 Å². The molecule has 0 aromatic rings. The molecule has 0 unspecified atom stereocenters. The summed E-state index contributed by atoms with van der Waals surface area (Å²) in [5.41, 5.74) is -3.05. The standard InChI is InChI=1S/C9H8BrF3O4/c1-3-16-7(15)5-4(10)6(14)8(2,17-5)9(11,12)13/h3H2,1-2H3/t8-/m1/s1. The Labute approximate surface area is 103 Å². The SMILES string of the molecule is CCOC(=O)C1=C(Br)C(=O)[C@](C)(C(F)(F)F)O1. The minimum absolute atomic E-state index is 0.0388. The van der Waals surface area contributed by atoms with E-state index in [9.17, 15) is 22.8 Å². The van der Waals surface area contributed by atoms with E-state index in [0.29, 0.717) is 6.92 Å². The van der Waals surface area contributed by atoms with E-state index in [1.165, 1.54) is 6.92 Å². The summed E-state index contributed by atoms with van der Waals surface area (Å²) in [6.45, 7) is 2.00. The highest BCUT2D eigenvalue weighted by atomic mass is 79.9. The zero-order chi connectivity index (χ0) is 13.4. The second-order valence-electron chi connectivity index (χ2n) is 3.33. The molecule has 1 atom stereocenters. The first-order valence-electron chi connectivity index (χ1n) is 4.52. The third-order valence-corrected chi connectivity index (χ3v) is 2.86. The summed E-state index contributed by atoms with van der Waals surface area (Å²) in [5.74, 6) is -3.22. The molecule has 0 radical (unpaired) electrons. The molecule has 0 aliphatic carbocycles. The van der Waals surface area contributed by atoms with E-state index in [1.807, 2.05) is 0 Å². The van der Waals surface area contributed by atoms with Gasteiger partial charge in [-0.05, 0) is 29.8 Å². The lowest BCUT2D eigenvalue weighted by molar-refractivity contribution is -0.243. The number of hydrogen-bond acceptors (Lipinski definition) is 4. The van der Waals surface area contributed by atoms with Crippen LogP contribution in [0.4, 0.5) is 13.2 Å². The van der Waals surface area contributed by atoms with E-state index in [2.05, 4.69) is 25.4 Å². The molecule has 0 aromatic heterocycles. The quantitative estimate of drug-likeness (QED) is 0.732. The molecule has 0 saturated heterocycles. The first-order valence-corrected chi connectivity index (χ1v) is 5.32. The summed E-state index contributed by atoms with van der Waals surface area (Å²) < 4.78 is 46.3. The van der Waals surface area contributed by atoms with Gasteiger partial charge in [0.2, 0.25) is 11.5 Å². The number of ketones is 1. The number of esters is 1. The molecule has 0 amide bonds. The molecule has 0 spiro atoms. The summed E-state index contributed by atoms with van der Waals surface area (Å²) in [7, 11) is 0. The predicted octanol–water partition coefficient (Wildman–Crippen LogP) is 2.08. The Morgan fingerprint density at radius 3 is 2.41 bits per heavy atom. The van der Waals surface area contributed by atoms with Crippen LogP contribution in [0, 0.1) is 0 Å². The van der Waals surface area contributed by atoms with E-state index in [1.54, 1.807) is 0 Å². The minimum atomic E-state index is -4.92. The number of halogens is 4. The van der Waals surface area contributed by atoms with E-state index in [4.69, 9.17) is 0 Å². The van der Waals surface area contributed by atoms with Crippen molar-refractivity contribution in [2.24, 2.45) is 0 Å². The minimum Gasteiger partial charge on any atom is -0.461 e. The fraction of sp³-hybridized carbons (Fsp3) is 0.556. The molecule has 0 aromatic carbocycles. The zero-order valence-corrected chi connectivity index (χ0v) is 10.4. The summed E-state index contributed by atoms with van der Waals surface area (Å²) in [5, 5.41) is 0. The molecule has 1 aliphatic rings. The van der Waals surface area contributed by atoms with Crippen molar-refractivity contribution in [3.05, 3.63) is 10.2 Å². The van der Waals surface area contributed by atoms with Gasteiger partial charge in [-0.25, -0.2) is 4.79 Å². The van der Waals surface area contributed by atoms with Crippen LogP contribution in [0.3, 0.4) is 0 Å². The van der Waals surface area contributed by atoms with Gasteiger partial charge in [0.15, 0.2) is 0 Å². The lowest BCUT2D eigenvalue weighted by Crippen LogP contribution is -2.48. The number of ether oxygens (including phenoxy) is 2. The molecule has 96 valence electrons. The predicted molar refractivity (Wildman–Crippen MR) is 53.1 cm³/mol. The number of hydrogen-bond donors (Lipinski definition) is 0. The van der Waals surface area contributed by atoms with Gasteiger partial charge < -0.3 is 9.47 Å². The molecule has 0 bridgehead atoms. The van der Waals surface area contributed by atoms with E-state index in [-0.39, 0.29) is 6.61 Å². The highest BCUT2D eigenvalue weighted by Crippen LogP contribution is 2.44. The van der Waals surface area contributed by atoms with Crippen LogP contribution >= 0.6 is 15.9 Å². The molecule has 17 heavy (non-hydrogen) atoms. The van der Waals surface area contributed by atoms with Crippen LogP contribution < -0.4 is 0 Å². The van der Waals surface area contributed by atoms with Gasteiger partial charge in [-0.3, -0.25) is 4.79 Å². The van der Waals surface area contributed by atoms with Crippen LogP contribution in [-0.4, -0.2) is 30.1 Å². The summed E-state index contributed by atoms with van der Waals surface area (Å²) >= 11 is 2.61. The number of Topliss-reactive ketones (excluding diaryl/α,β-unsaturated/α-hetero) is 1. The van der Waals surface area contributed by atoms with Crippen molar-refractivity contribution < 1.29 is 32.2 Å². The fourth-order valence-corrected chi connectivity index (χ4v) is 1.74. The average Bonchev–Trinajstić information content (AvgIpc) is 2.43. The smallest absolute Gasteiger partial charge is 0.435 e. The van der Waals surface area contributed by atoms with Crippen molar-refractivity contribution in [3.8, 4) is 0 Å². The normalized spacial score (nSPS) is 24.9. The lowest BCUT2D eigenvalue weighted by atomic mass is 10.0. The molecule has 0 fully saturated rings. The van der Waals surface area contributed by atoms with Crippen molar-refractivity contribution in [1.29, 1.82) is 0 Å². The maximum Gasteiger partial charge on any atom is 0.435 e. The molecule has 1 aliphatic heterocycles. The van der Waals surface area contributed by atoms with Gasteiger partial charge in [-0.2, -0.15) is 13.2 Å². The van der Waals surface area contributed by atoms with Crippen molar-refractivity contribution in [2.75, 3.05) is 6.61 Å². The summed E-state index contributed by atoms with van der Waals surface area (Å²) in [4.78, 5) is 22.7. The Balaban J connectivity index is 3.08. The maximum absolute atomic E-state index is 12.6. The third kappa shape index (κ3) is 2.18. The topological polar surface area (TPSA) is 52.6 Å². The third-order valence-electron chi connectivity index (χ3n) is 2.14. The van der Waals surface area contributed by atoms with Crippen LogP contribution in [0.25, 0.3) is 0 Å². The molecule has 1 heterocycles. The number of alkyl halides is 3. The molecule has 0 N–H and O–H groups in total. The van der Waals surface area contributed by atoms with Gasteiger partial charge in [-0.1, -0.05) is 0 Å². The monoisotopic (exact) mass is 316 g/mol. The highest BCUT2D eigenvalue weighted by Gasteiger charge is 2.64. The molecular weight excluding hydrogens is 309 g/mol. The first-order chi connectivity index (χ1) is 7.65. The van der Waals surface area contributed by atoms with Crippen LogP contribution in [-0.2, 0) is 19.1 Å². The van der Waals surface area contributed by atoms with Gasteiger partial charge in [0.25, 0.3) is 5.60 Å². The lowest BCUT2D eigenvalue weighted by Gasteiger charge is -2.25. The van der Waals surface area contributed by atoms with Gasteiger partial charge in [0.05, 0.1) is 6.61 Å². The Kier molecular flexibility index (Phi) is 3.56. The summed E-state index contributed by atoms with van der Waals surface area (Å²) in [6, 6.07) is 0. The largest absolute Gasteiger partial charge is 0.461 e. The van der Waals surface area contributed by atoms with Gasteiger partial charge in [-0.15, -0.1) is 0 Å². The molecular formula is C9H8BrF3O4. The molecule has 1 rings (SSSR count). The van der Waals surface area contributed by atoms with Crippen LogP contribution in [0.5, 0.6) is 0 Å². The Morgan fingerprint density at radius 1 is 1.53 bits per heavy atom. The average molecular weight is 317 g/mol. The second kappa shape index (κ2) is 4.32. The Bertz CT molecular complexity index is 402. The van der Waals surface area contributed by atoms with Gasteiger partial charge in [0, 0.05) is 0 Å². The first kappa shape index (κ1) is 14.0. The van der Waals surface area contributed by atoms with Crippen LogP contribution in [0.1, 0.15) is 13.8 Å². The van der Waals surface area contributed by atoms with Crippen molar-refractivity contribution in [1.82, 2.24) is 0 Å². The Morgan fingerprint density at radius 2 is 2.06 bits per heavy atom. The molecule has 0 saturated carbocycles. The fourth-order valence-electron chi connectivity index (χ4n) is 1.12. The van der Waals surface area contributed by atoms with Gasteiger partial charge >= 0.3 is 12.1 Å². The summed E-state index contributed by atoms with van der Waals surface area (Å²) in [6.07, 6.45) is -4.92. The second-order valence-corrected chi connectivity index (χ2v) is 4.12.